The molecule has 0 aromatic heterocycles. The zero-order valence-corrected chi connectivity index (χ0v) is 26.1. The molecule has 5 N–H and O–H groups in total. The number of phenols is 3. The molecule has 4 aliphatic carbocycles. The Balaban J connectivity index is 0.000000213. The van der Waals surface area contributed by atoms with E-state index < -0.39 is 0 Å². The summed E-state index contributed by atoms with van der Waals surface area (Å²) >= 11 is 1.06. The third kappa shape index (κ3) is 8.34. The van der Waals surface area contributed by atoms with Crippen LogP contribution in [0, 0.1) is 24.7 Å². The number of nitrogens with zero attached hydrogens (tertiary/aromatic N) is 2. The molecule has 225 valence electrons. The van der Waals surface area contributed by atoms with Crippen LogP contribution in [0.3, 0.4) is 0 Å². The van der Waals surface area contributed by atoms with Gasteiger partial charge in [-0.15, -0.1) is 0 Å². The molecular weight excluding hydrogens is 557 g/mol. The number of phenolic OH excluding ortho intramolecular Hbond substituents is 3. The van der Waals surface area contributed by atoms with Crippen LogP contribution in [0.4, 0.5) is 5.69 Å². The van der Waals surface area contributed by atoms with Gasteiger partial charge in [-0.25, -0.2) is 0 Å². The molecular formula is C32H47N3O5V. The number of aryl methyl sites for hydroxylation is 1. The van der Waals surface area contributed by atoms with Gasteiger partial charge in [-0.3, -0.25) is 4.99 Å². The molecule has 0 saturated heterocycles. The second kappa shape index (κ2) is 15.7. The van der Waals surface area contributed by atoms with Crippen LogP contribution in [-0.4, -0.2) is 66.0 Å². The van der Waals surface area contributed by atoms with Crippen molar-refractivity contribution in [2.45, 2.75) is 64.7 Å². The molecule has 4 bridgehead atoms. The first-order valence-corrected chi connectivity index (χ1v) is 15.5. The number of hydrogen-bond donors (Lipinski definition) is 5. The van der Waals surface area contributed by atoms with E-state index in [-0.39, 0.29) is 23.9 Å². The Labute approximate surface area is 254 Å². The normalized spacial score (nSPS) is 23.9. The van der Waals surface area contributed by atoms with Crippen molar-refractivity contribution >= 4 is 11.9 Å². The number of anilines is 1. The zero-order chi connectivity index (χ0) is 30.0. The molecule has 6 rings (SSSR count). The first-order chi connectivity index (χ1) is 19.8. The first kappa shape index (κ1) is 33.1. The molecule has 41 heavy (non-hydrogen) atoms. The fourth-order valence-corrected chi connectivity index (χ4v) is 7.47. The van der Waals surface area contributed by atoms with Crippen LogP contribution >= 0.6 is 0 Å². The average Bonchev–Trinajstić information content (AvgIpc) is 2.95. The van der Waals surface area contributed by atoms with Crippen molar-refractivity contribution in [2.24, 2.45) is 22.7 Å². The fourth-order valence-electron chi connectivity index (χ4n) is 7.47. The second-order valence-electron chi connectivity index (χ2n) is 11.8. The van der Waals surface area contributed by atoms with Crippen molar-refractivity contribution in [2.75, 3.05) is 44.2 Å². The van der Waals surface area contributed by atoms with Gasteiger partial charge in [0, 0.05) is 49.7 Å². The maximum absolute atomic E-state index is 10.0. The van der Waals surface area contributed by atoms with E-state index >= 15 is 0 Å². The summed E-state index contributed by atoms with van der Waals surface area (Å²) in [6, 6.07) is 9.60. The number of rotatable bonds is 10. The Hall–Kier alpha value is -2.39. The Morgan fingerprint density at radius 2 is 1.56 bits per heavy atom. The Morgan fingerprint density at radius 1 is 0.951 bits per heavy atom. The molecule has 0 radical (unpaired) electrons. The van der Waals surface area contributed by atoms with Gasteiger partial charge >= 0.3 is 21.0 Å². The third-order valence-corrected chi connectivity index (χ3v) is 9.01. The molecule has 8 nitrogen and oxygen atoms in total. The van der Waals surface area contributed by atoms with Crippen LogP contribution in [0.5, 0.6) is 17.2 Å². The van der Waals surface area contributed by atoms with Crippen molar-refractivity contribution in [3.05, 3.63) is 47.0 Å². The van der Waals surface area contributed by atoms with E-state index in [4.69, 9.17) is 8.78 Å². The summed E-state index contributed by atoms with van der Waals surface area (Å²) in [7, 11) is 0. The second-order valence-corrected chi connectivity index (χ2v) is 11.8. The number of nitrogens with one attached hydrogen (secondary N) is 1. The van der Waals surface area contributed by atoms with E-state index in [0.717, 1.165) is 71.6 Å². The predicted molar refractivity (Wildman–Crippen MR) is 159 cm³/mol. The molecule has 0 spiro atoms. The summed E-state index contributed by atoms with van der Waals surface area (Å²) in [5.41, 5.74) is 4.13. The van der Waals surface area contributed by atoms with Crippen LogP contribution < -0.4 is 10.2 Å². The molecule has 4 saturated carbocycles. The fraction of sp³-hybridized carbons (Fsp3) is 0.594. The van der Waals surface area contributed by atoms with Crippen LogP contribution in [-0.2, 0) is 26.5 Å². The van der Waals surface area contributed by atoms with E-state index in [1.165, 1.54) is 44.1 Å². The van der Waals surface area contributed by atoms with E-state index in [2.05, 4.69) is 35.1 Å². The van der Waals surface area contributed by atoms with Crippen molar-refractivity contribution in [1.29, 1.82) is 0 Å². The third-order valence-electron chi connectivity index (χ3n) is 9.01. The molecule has 0 atom stereocenters. The topological polar surface area (TPSA) is 126 Å². The summed E-state index contributed by atoms with van der Waals surface area (Å²) < 4.78 is 8.19. The van der Waals surface area contributed by atoms with Crippen molar-refractivity contribution in [3.63, 3.8) is 0 Å². The van der Waals surface area contributed by atoms with Gasteiger partial charge in [0.25, 0.3) is 0 Å². The SMILES string of the molecule is CCN(CC)c1ccc(C=NCCNCCO)c(O)c1.Cc1cc(C23CC4CC(CC(C4)C2)C3)cc(O)c1O.[O]=[V]. The van der Waals surface area contributed by atoms with Gasteiger partial charge in [0.15, 0.2) is 11.5 Å². The number of benzene rings is 2. The van der Waals surface area contributed by atoms with Crippen molar-refractivity contribution in [1.82, 2.24) is 5.32 Å². The summed E-state index contributed by atoms with van der Waals surface area (Å²) in [5, 5.41) is 41.4. The average molecular weight is 605 g/mol. The quantitative estimate of drug-likeness (QED) is 0.147. The zero-order valence-electron chi connectivity index (χ0n) is 24.7. The Bertz CT molecular complexity index is 1100. The maximum atomic E-state index is 10.0. The number of aliphatic hydroxyl groups excluding tert-OH is 1. The molecule has 4 fully saturated rings. The first-order valence-electron chi connectivity index (χ1n) is 14.9. The van der Waals surface area contributed by atoms with Gasteiger partial charge in [0.1, 0.15) is 5.75 Å². The monoisotopic (exact) mass is 604 g/mol. The van der Waals surface area contributed by atoms with Gasteiger partial charge in [0.05, 0.1) is 13.2 Å². The molecule has 0 aliphatic heterocycles. The Kier molecular flexibility index (Phi) is 12.7. The minimum atomic E-state index is 0.0495. The minimum absolute atomic E-state index is 0.0495. The number of aromatic hydroxyl groups is 3. The Morgan fingerprint density at radius 3 is 2.07 bits per heavy atom. The van der Waals surface area contributed by atoms with Crippen LogP contribution in [0.15, 0.2) is 35.3 Å². The van der Waals surface area contributed by atoms with Gasteiger partial charge in [-0.05, 0) is 112 Å². The molecule has 0 unspecified atom stereocenters. The van der Waals surface area contributed by atoms with Crippen molar-refractivity contribution in [3.8, 4) is 17.2 Å². The molecule has 2 aromatic carbocycles. The summed E-state index contributed by atoms with van der Waals surface area (Å²) in [5.74, 6) is 3.08. The van der Waals surface area contributed by atoms with Gasteiger partial charge in [-0.2, -0.15) is 0 Å². The number of aliphatic hydroxyl groups is 1. The van der Waals surface area contributed by atoms with Crippen LogP contribution in [0.25, 0.3) is 0 Å². The summed E-state index contributed by atoms with van der Waals surface area (Å²) in [6.07, 6.45) is 9.86. The van der Waals surface area contributed by atoms with Crippen LogP contribution in [0.2, 0.25) is 0 Å². The van der Waals surface area contributed by atoms with Gasteiger partial charge in [0.2, 0.25) is 0 Å². The predicted octanol–water partition coefficient (Wildman–Crippen LogP) is 4.99. The van der Waals surface area contributed by atoms with Gasteiger partial charge < -0.3 is 30.6 Å². The molecule has 9 heteroatoms. The molecule has 2 aromatic rings. The van der Waals surface area contributed by atoms with E-state index in [1.807, 2.05) is 25.1 Å². The van der Waals surface area contributed by atoms with Gasteiger partial charge in [-0.1, -0.05) is 6.07 Å². The molecule has 0 amide bonds. The summed E-state index contributed by atoms with van der Waals surface area (Å²) in [6.45, 7) is 9.96. The van der Waals surface area contributed by atoms with E-state index in [9.17, 15) is 15.3 Å². The number of hydrogen-bond acceptors (Lipinski definition) is 8. The molecule has 0 heterocycles. The van der Waals surface area contributed by atoms with Crippen molar-refractivity contribution < 1.29 is 41.5 Å². The summed E-state index contributed by atoms with van der Waals surface area (Å²) in [4.78, 5) is 6.43. The molecule has 4 aliphatic rings. The van der Waals surface area contributed by atoms with E-state index in [0.29, 0.717) is 18.5 Å². The van der Waals surface area contributed by atoms with E-state index in [1.54, 1.807) is 12.3 Å². The standard InChI is InChI=1S/C17H22O2.C15H25N3O2.O.V/c1-10-2-14(6-15(18)16(10)19)17-7-11-3-12(8-17)5-13(4-11)9-17;1-3-18(4-2)14-6-5-13(15(20)11-14)12-17-8-7-16-9-10-19;;/h2,6,11-13,18-19H,3-5,7-9H2,1H3;5-6,11-12,16,19-20H,3-4,7-10H2,1-2H3;;. The van der Waals surface area contributed by atoms with Crippen LogP contribution in [0.1, 0.15) is 69.1 Å². The number of aliphatic imine (C=N–C) groups is 1.